The predicted octanol–water partition coefficient (Wildman–Crippen LogP) is 8.63. The fraction of sp³-hybridized carbons (Fsp3) is 0.700. The molecular formula is C20H17F17O. The third kappa shape index (κ3) is 4.89. The van der Waals surface area contributed by atoms with E-state index in [4.69, 9.17) is 0 Å². The minimum atomic E-state index is -8.68. The number of benzene rings is 1. The van der Waals surface area contributed by atoms with Crippen LogP contribution < -0.4 is 0 Å². The van der Waals surface area contributed by atoms with Gasteiger partial charge in [-0.25, -0.2) is 0 Å². The largest absolute Gasteiger partial charge is 0.460 e. The van der Waals surface area contributed by atoms with Gasteiger partial charge in [0, 0.05) is 6.42 Å². The first-order valence-corrected chi connectivity index (χ1v) is 10.1. The summed E-state index contributed by atoms with van der Waals surface area (Å²) in [5.74, 6) is -57.5. The van der Waals surface area contributed by atoms with Gasteiger partial charge in [-0.05, 0) is 23.5 Å². The zero-order chi connectivity index (χ0) is 30.6. The molecule has 0 aliphatic heterocycles. The van der Waals surface area contributed by atoms with Crippen molar-refractivity contribution in [2.24, 2.45) is 0 Å². The highest BCUT2D eigenvalue weighted by atomic mass is 19.4. The van der Waals surface area contributed by atoms with Crippen molar-refractivity contribution in [3.8, 4) is 0 Å². The molecule has 1 aromatic rings. The molecule has 0 spiro atoms. The van der Waals surface area contributed by atoms with E-state index < -0.39 is 71.6 Å². The van der Waals surface area contributed by atoms with Crippen molar-refractivity contribution in [3.63, 3.8) is 0 Å². The molecule has 1 rings (SSSR count). The van der Waals surface area contributed by atoms with Crippen LogP contribution in [0.15, 0.2) is 24.3 Å². The Balaban J connectivity index is 3.58. The highest BCUT2D eigenvalue weighted by Crippen LogP contribution is 2.64. The van der Waals surface area contributed by atoms with Crippen LogP contribution in [-0.4, -0.2) is 52.7 Å². The summed E-state index contributed by atoms with van der Waals surface area (Å²) in [5.41, 5.74) is -0.659. The summed E-state index contributed by atoms with van der Waals surface area (Å²) in [4.78, 5) is 0. The predicted molar refractivity (Wildman–Crippen MR) is 95.4 cm³/mol. The summed E-state index contributed by atoms with van der Waals surface area (Å²) >= 11 is 0. The normalized spacial score (nSPS) is 16.9. The van der Waals surface area contributed by atoms with Gasteiger partial charge in [0.1, 0.15) is 0 Å². The van der Waals surface area contributed by atoms with E-state index in [1.807, 2.05) is 0 Å². The molecule has 222 valence electrons. The van der Waals surface area contributed by atoms with Crippen molar-refractivity contribution in [3.05, 3.63) is 35.4 Å². The maximum atomic E-state index is 14.2. The standard InChI is InChI=1S/C20H17F17O/c1-3-9(2)10-6-4-5-7-11(10)12(38)8-13(21,22)14(23,24)15(25,26)16(27,28)17(29,30)18(31,32)19(33,34)20(35,36)37/h4-7,9,12,38H,3,8H2,1-2H3. The first-order valence-electron chi connectivity index (χ1n) is 10.1. The molecule has 0 heterocycles. The van der Waals surface area contributed by atoms with Gasteiger partial charge in [0.2, 0.25) is 0 Å². The first-order chi connectivity index (χ1) is 16.6. The molecule has 0 saturated carbocycles. The molecule has 18 heteroatoms. The van der Waals surface area contributed by atoms with E-state index in [0.717, 1.165) is 18.2 Å². The summed E-state index contributed by atoms with van der Waals surface area (Å²) in [7, 11) is 0. The zero-order valence-corrected chi connectivity index (χ0v) is 18.8. The van der Waals surface area contributed by atoms with Gasteiger partial charge in [-0.3, -0.25) is 0 Å². The molecular weight excluding hydrogens is 579 g/mol. The van der Waals surface area contributed by atoms with Gasteiger partial charge in [0.25, 0.3) is 0 Å². The highest BCUT2D eigenvalue weighted by molar-refractivity contribution is 5.32. The van der Waals surface area contributed by atoms with Gasteiger partial charge in [-0.1, -0.05) is 38.1 Å². The lowest BCUT2D eigenvalue weighted by atomic mass is 9.85. The van der Waals surface area contributed by atoms with Crippen LogP contribution in [0.1, 0.15) is 49.8 Å². The minimum absolute atomic E-state index is 0.0285. The third-order valence-corrected chi connectivity index (χ3v) is 5.74. The molecule has 0 aliphatic rings. The van der Waals surface area contributed by atoms with Crippen LogP contribution >= 0.6 is 0 Å². The first kappa shape index (κ1) is 34.0. The molecule has 0 fully saturated rings. The van der Waals surface area contributed by atoms with Crippen LogP contribution in [0.4, 0.5) is 74.6 Å². The van der Waals surface area contributed by atoms with E-state index in [1.165, 1.54) is 19.9 Å². The monoisotopic (exact) mass is 596 g/mol. The average molecular weight is 596 g/mol. The maximum Gasteiger partial charge on any atom is 0.460 e. The molecule has 38 heavy (non-hydrogen) atoms. The number of hydrogen-bond acceptors (Lipinski definition) is 1. The zero-order valence-electron chi connectivity index (χ0n) is 18.8. The molecule has 0 amide bonds. The molecule has 0 bridgehead atoms. The van der Waals surface area contributed by atoms with Crippen molar-refractivity contribution in [1.29, 1.82) is 0 Å². The Hall–Kier alpha value is -2.01. The average Bonchev–Trinajstić information content (AvgIpc) is 2.76. The van der Waals surface area contributed by atoms with Crippen molar-refractivity contribution in [1.82, 2.24) is 0 Å². The number of rotatable bonds is 11. The second-order valence-corrected chi connectivity index (χ2v) is 8.31. The molecule has 1 aromatic carbocycles. The topological polar surface area (TPSA) is 20.2 Å². The van der Waals surface area contributed by atoms with E-state index >= 15 is 0 Å². The summed E-state index contributed by atoms with van der Waals surface area (Å²) in [5, 5.41) is 9.96. The smallest absolute Gasteiger partial charge is 0.388 e. The van der Waals surface area contributed by atoms with Crippen LogP contribution in [0.2, 0.25) is 0 Å². The van der Waals surface area contributed by atoms with Gasteiger partial charge in [0.15, 0.2) is 0 Å². The second-order valence-electron chi connectivity index (χ2n) is 8.31. The summed E-state index contributed by atoms with van der Waals surface area (Å²) in [6, 6.07) is 4.28. The van der Waals surface area contributed by atoms with Gasteiger partial charge in [0.05, 0.1) is 6.10 Å². The molecule has 2 unspecified atom stereocenters. The van der Waals surface area contributed by atoms with Gasteiger partial charge >= 0.3 is 47.6 Å². The van der Waals surface area contributed by atoms with Gasteiger partial charge in [-0.2, -0.15) is 74.6 Å². The SMILES string of the molecule is CCC(C)c1ccccc1C(O)CC(F)(F)C(F)(F)C(F)(F)C(F)(F)C(F)(F)C(F)(F)C(F)(F)C(F)(F)F. The third-order valence-electron chi connectivity index (χ3n) is 5.74. The molecule has 2 atom stereocenters. The molecule has 1 N–H and O–H groups in total. The lowest BCUT2D eigenvalue weighted by molar-refractivity contribution is -0.462. The van der Waals surface area contributed by atoms with E-state index in [2.05, 4.69) is 0 Å². The number of aliphatic hydroxyl groups is 1. The summed E-state index contributed by atoms with van der Waals surface area (Å²) in [6.07, 6.45) is -13.4. The second kappa shape index (κ2) is 9.87. The Labute approximate surface area is 202 Å². The number of alkyl halides is 17. The highest BCUT2D eigenvalue weighted by Gasteiger charge is 2.95. The van der Waals surface area contributed by atoms with E-state index in [9.17, 15) is 79.7 Å². The lowest BCUT2D eigenvalue weighted by Gasteiger charge is -2.43. The minimum Gasteiger partial charge on any atom is -0.388 e. The summed E-state index contributed by atoms with van der Waals surface area (Å²) in [6.45, 7) is 2.95. The Morgan fingerprint density at radius 3 is 1.29 bits per heavy atom. The quantitative estimate of drug-likeness (QED) is 0.254. The fourth-order valence-electron chi connectivity index (χ4n) is 3.16. The maximum absolute atomic E-state index is 14.2. The Bertz CT molecular complexity index is 967. The number of halogens is 17. The Kier molecular flexibility index (Phi) is 8.84. The van der Waals surface area contributed by atoms with Gasteiger partial charge in [-0.15, -0.1) is 0 Å². The molecule has 1 nitrogen and oxygen atoms in total. The van der Waals surface area contributed by atoms with Crippen LogP contribution in [0.3, 0.4) is 0 Å². The molecule has 0 aliphatic carbocycles. The van der Waals surface area contributed by atoms with E-state index in [0.29, 0.717) is 0 Å². The van der Waals surface area contributed by atoms with E-state index in [1.54, 1.807) is 0 Å². The van der Waals surface area contributed by atoms with Crippen molar-refractivity contribution >= 4 is 0 Å². The number of hydrogen-bond donors (Lipinski definition) is 1. The van der Waals surface area contributed by atoms with Crippen LogP contribution in [-0.2, 0) is 0 Å². The molecule has 0 aromatic heterocycles. The fourth-order valence-corrected chi connectivity index (χ4v) is 3.16. The molecule has 0 radical (unpaired) electrons. The van der Waals surface area contributed by atoms with Crippen LogP contribution in [0, 0.1) is 0 Å². The van der Waals surface area contributed by atoms with Crippen molar-refractivity contribution in [2.75, 3.05) is 0 Å². The van der Waals surface area contributed by atoms with Crippen molar-refractivity contribution < 1.29 is 79.7 Å². The van der Waals surface area contributed by atoms with Gasteiger partial charge < -0.3 is 5.11 Å². The van der Waals surface area contributed by atoms with Crippen LogP contribution in [0.5, 0.6) is 0 Å². The van der Waals surface area contributed by atoms with Crippen LogP contribution in [0.25, 0.3) is 0 Å². The molecule has 0 saturated heterocycles. The Morgan fingerprint density at radius 1 is 0.579 bits per heavy atom. The van der Waals surface area contributed by atoms with E-state index in [-0.39, 0.29) is 12.0 Å². The number of aliphatic hydroxyl groups excluding tert-OH is 1. The summed E-state index contributed by atoms with van der Waals surface area (Å²) < 4.78 is 227. The Morgan fingerprint density at radius 2 is 0.921 bits per heavy atom. The lowest BCUT2D eigenvalue weighted by Crippen LogP contribution is -2.74. The van der Waals surface area contributed by atoms with Crippen molar-refractivity contribution in [2.45, 2.75) is 86.3 Å².